The molecule has 0 unspecified atom stereocenters. The lowest BCUT2D eigenvalue weighted by Gasteiger charge is -2.43. The van der Waals surface area contributed by atoms with Crippen molar-refractivity contribution in [3.63, 3.8) is 0 Å². The lowest BCUT2D eigenvalue weighted by molar-refractivity contribution is -0.237. The van der Waals surface area contributed by atoms with Crippen LogP contribution in [0.1, 0.15) is 125 Å². The maximum Gasteiger partial charge on any atom is 0.303 e. The van der Waals surface area contributed by atoms with Gasteiger partial charge in [-0.05, 0) is 32.1 Å². The Labute approximate surface area is 298 Å². The topological polar surface area (TPSA) is 169 Å². The zero-order valence-electron chi connectivity index (χ0n) is 29.4. The third-order valence-corrected chi connectivity index (χ3v) is 9.55. The van der Waals surface area contributed by atoms with Crippen molar-refractivity contribution in [3.8, 4) is 0 Å². The van der Waals surface area contributed by atoms with Crippen molar-refractivity contribution in [2.24, 2.45) is 0 Å². The second-order valence-electron chi connectivity index (χ2n) is 11.9. The van der Waals surface area contributed by atoms with E-state index in [0.717, 1.165) is 75.5 Å². The van der Waals surface area contributed by atoms with Crippen LogP contribution in [-0.4, -0.2) is 76.4 Å². The molecule has 2 heterocycles. The predicted molar refractivity (Wildman–Crippen MR) is 186 cm³/mol. The molecule has 0 aromatic carbocycles. The molecule has 0 spiro atoms. The lowest BCUT2D eigenvalue weighted by atomic mass is 9.99. The first-order valence-corrected chi connectivity index (χ1v) is 18.9. The Balaban J connectivity index is 1.86. The molecule has 1 fully saturated rings. The molecule has 15 heteroatoms. The first kappa shape index (κ1) is 42.1. The van der Waals surface area contributed by atoms with E-state index in [1.54, 1.807) is 0 Å². The second-order valence-corrected chi connectivity index (χ2v) is 14.3. The molecule has 49 heavy (non-hydrogen) atoms. The van der Waals surface area contributed by atoms with Crippen LogP contribution < -0.4 is 5.32 Å². The average Bonchev–Trinajstić information content (AvgIpc) is 3.46. The fourth-order valence-electron chi connectivity index (χ4n) is 5.23. The Bertz CT molecular complexity index is 1210. The van der Waals surface area contributed by atoms with Crippen molar-refractivity contribution in [2.45, 2.75) is 159 Å². The van der Waals surface area contributed by atoms with Crippen molar-refractivity contribution in [3.05, 3.63) is 12.2 Å². The molecule has 1 aliphatic heterocycles. The molecule has 1 aromatic heterocycles. The lowest BCUT2D eigenvalue weighted by Crippen LogP contribution is -2.61. The number of rotatable bonds is 23. The summed E-state index contributed by atoms with van der Waals surface area (Å²) in [5.74, 6) is -2.90. The van der Waals surface area contributed by atoms with E-state index in [1.165, 1.54) is 58.8 Å². The molecule has 276 valence electrons. The van der Waals surface area contributed by atoms with Crippen LogP contribution in [0.5, 0.6) is 0 Å². The molecule has 13 nitrogen and oxygen atoms in total. The van der Waals surface area contributed by atoms with E-state index in [2.05, 4.69) is 34.6 Å². The highest BCUT2D eigenvalue weighted by Gasteiger charge is 2.52. The molecule has 5 atom stereocenters. The number of thioether (sulfide) groups is 1. The molecule has 2 rings (SSSR count). The highest BCUT2D eigenvalue weighted by Crippen LogP contribution is 2.39. The molecule has 0 saturated carbocycles. The first-order valence-electron chi connectivity index (χ1n) is 17.3. The fourth-order valence-corrected chi connectivity index (χ4v) is 7.27. The number of nitrogens with one attached hydrogen (secondary N) is 1. The number of allylic oxidation sites excluding steroid dienone is 2. The maximum absolute atomic E-state index is 12.6. The quantitative estimate of drug-likeness (QED) is 0.0416. The molecule has 1 aliphatic rings. The maximum atomic E-state index is 12.6. The van der Waals surface area contributed by atoms with Crippen LogP contribution in [0.3, 0.4) is 0 Å². The number of amides is 1. The summed E-state index contributed by atoms with van der Waals surface area (Å²) in [5.41, 5.74) is -1.03. The van der Waals surface area contributed by atoms with Gasteiger partial charge in [-0.1, -0.05) is 93.5 Å². The van der Waals surface area contributed by atoms with Crippen molar-refractivity contribution in [1.82, 2.24) is 10.2 Å². The van der Waals surface area contributed by atoms with E-state index in [4.69, 9.17) is 23.7 Å². The van der Waals surface area contributed by atoms with E-state index < -0.39 is 53.7 Å². The van der Waals surface area contributed by atoms with E-state index in [9.17, 15) is 24.0 Å². The summed E-state index contributed by atoms with van der Waals surface area (Å²) in [4.78, 5) is 60.1. The number of ether oxygens (including phenoxy) is 5. The third kappa shape index (κ3) is 18.0. The van der Waals surface area contributed by atoms with Gasteiger partial charge in [-0.25, -0.2) is 0 Å². The van der Waals surface area contributed by atoms with E-state index >= 15 is 0 Å². The number of unbranched alkanes of at least 4 members (excludes halogenated alkanes) is 11. The van der Waals surface area contributed by atoms with Crippen LogP contribution in [-0.2, 0) is 47.7 Å². The number of nitrogens with zero attached hydrogens (tertiary/aromatic N) is 2. The molecular weight excluding hydrogens is 675 g/mol. The molecule has 1 amide bonds. The molecule has 1 N–H and O–H groups in total. The van der Waals surface area contributed by atoms with Gasteiger partial charge in [0.2, 0.25) is 11.0 Å². The SMILES string of the molecule is CCCCCCCC/C=C\CCCCCCCC(=O)Nc1nnc(S[C@@H]2O[C@H](COC(C)=O)[C@H](OC(C)=O)[C@H](OC(C)=O)[C@H]2OC(C)=O)s1. The number of aromatic nitrogens is 2. The van der Waals surface area contributed by atoms with Crippen molar-refractivity contribution < 1.29 is 47.7 Å². The van der Waals surface area contributed by atoms with Gasteiger partial charge in [0, 0.05) is 34.1 Å². The largest absolute Gasteiger partial charge is 0.463 e. The Morgan fingerprint density at radius 2 is 1.29 bits per heavy atom. The van der Waals surface area contributed by atoms with Crippen LogP contribution >= 0.6 is 23.1 Å². The number of anilines is 1. The van der Waals surface area contributed by atoms with Gasteiger partial charge in [0.1, 0.15) is 12.7 Å². The summed E-state index contributed by atoms with van der Waals surface area (Å²) in [6, 6.07) is 0. The highest BCUT2D eigenvalue weighted by molar-refractivity contribution is 8.01. The van der Waals surface area contributed by atoms with Crippen molar-refractivity contribution >= 4 is 58.0 Å². The smallest absolute Gasteiger partial charge is 0.303 e. The monoisotopic (exact) mass is 727 g/mol. The van der Waals surface area contributed by atoms with Gasteiger partial charge in [0.15, 0.2) is 28.1 Å². The van der Waals surface area contributed by atoms with E-state index in [0.29, 0.717) is 10.8 Å². The number of carbonyl (C=O) groups is 5. The minimum atomic E-state index is -1.28. The summed E-state index contributed by atoms with van der Waals surface area (Å²) in [6.45, 7) is 6.60. The van der Waals surface area contributed by atoms with Gasteiger partial charge >= 0.3 is 23.9 Å². The van der Waals surface area contributed by atoms with Crippen LogP contribution in [0.25, 0.3) is 0 Å². The standard InChI is InChI=1S/C34H53N3O10S2/c1-6-7-8-9-10-11-12-13-14-15-16-17-18-19-20-21-28(42)35-33-36-37-34(49-33)48-32-31(46-26(5)41)30(45-25(4)40)29(44-24(3)39)27(47-32)22-43-23(2)38/h13-14,27,29-32H,6-12,15-22H2,1-5H3,(H,35,36,42)/b14-13-/t27-,29+,30+,31-,32+/m1/s1. The summed E-state index contributed by atoms with van der Waals surface area (Å²) < 4.78 is 27.9. The summed E-state index contributed by atoms with van der Waals surface area (Å²) in [7, 11) is 0. The highest BCUT2D eigenvalue weighted by atomic mass is 32.2. The number of hydrogen-bond acceptors (Lipinski definition) is 14. The minimum Gasteiger partial charge on any atom is -0.463 e. The molecule has 0 radical (unpaired) electrons. The van der Waals surface area contributed by atoms with Gasteiger partial charge in [-0.3, -0.25) is 24.0 Å². The Morgan fingerprint density at radius 1 is 0.735 bits per heavy atom. The van der Waals surface area contributed by atoms with Crippen LogP contribution in [0, 0.1) is 0 Å². The first-order chi connectivity index (χ1) is 23.5. The molecular formula is C34H53N3O10S2. The zero-order chi connectivity index (χ0) is 36.0. The summed E-state index contributed by atoms with van der Waals surface area (Å²) >= 11 is 2.10. The summed E-state index contributed by atoms with van der Waals surface area (Å²) in [5, 5.41) is 11.2. The Hall–Kier alpha value is -3.04. The van der Waals surface area contributed by atoms with E-state index in [-0.39, 0.29) is 17.6 Å². The molecule has 0 aliphatic carbocycles. The van der Waals surface area contributed by atoms with E-state index in [1.807, 2.05) is 0 Å². The van der Waals surface area contributed by atoms with Crippen LogP contribution in [0.15, 0.2) is 16.5 Å². The minimum absolute atomic E-state index is 0.169. The molecule has 1 aromatic rings. The normalized spacial score (nSPS) is 20.5. The fraction of sp³-hybridized carbons (Fsp3) is 0.735. The Kier molecular flexibility index (Phi) is 20.8. The summed E-state index contributed by atoms with van der Waals surface area (Å²) in [6.07, 6.45) is 15.5. The van der Waals surface area contributed by atoms with Gasteiger partial charge in [0.25, 0.3) is 0 Å². The third-order valence-electron chi connectivity index (χ3n) is 7.48. The predicted octanol–water partition coefficient (Wildman–Crippen LogP) is 6.69. The van der Waals surface area contributed by atoms with Crippen LogP contribution in [0.4, 0.5) is 5.13 Å². The zero-order valence-corrected chi connectivity index (χ0v) is 31.1. The average molecular weight is 728 g/mol. The Morgan fingerprint density at radius 3 is 1.88 bits per heavy atom. The number of esters is 4. The number of hydrogen-bond donors (Lipinski definition) is 1. The molecule has 0 bridgehead atoms. The van der Waals surface area contributed by atoms with Gasteiger partial charge in [-0.15, -0.1) is 10.2 Å². The van der Waals surface area contributed by atoms with Crippen LogP contribution in [0.2, 0.25) is 0 Å². The second kappa shape index (κ2) is 24.2. The molecule has 1 saturated heterocycles. The van der Waals surface area contributed by atoms with Gasteiger partial charge < -0.3 is 29.0 Å². The van der Waals surface area contributed by atoms with Gasteiger partial charge in [0.05, 0.1) is 0 Å². The van der Waals surface area contributed by atoms with Gasteiger partial charge in [-0.2, -0.15) is 0 Å². The number of carbonyl (C=O) groups excluding carboxylic acids is 5. The van der Waals surface area contributed by atoms with Crippen molar-refractivity contribution in [1.29, 1.82) is 0 Å². The van der Waals surface area contributed by atoms with Crippen molar-refractivity contribution in [2.75, 3.05) is 11.9 Å².